The first kappa shape index (κ1) is 34.4. The summed E-state index contributed by atoms with van der Waals surface area (Å²) in [6.45, 7) is 3.88. The lowest BCUT2D eigenvalue weighted by atomic mass is 10.1. The van der Waals surface area contributed by atoms with Crippen molar-refractivity contribution in [3.05, 3.63) is 89.6 Å². The molecule has 2 heterocycles. The number of alkyl halides is 6. The second kappa shape index (κ2) is 14.6. The van der Waals surface area contributed by atoms with E-state index < -0.39 is 30.2 Å². The Morgan fingerprint density at radius 2 is 1.47 bits per heavy atom. The molecule has 0 saturated carbocycles. The zero-order chi connectivity index (χ0) is 33.4. The molecule has 1 amide bonds. The minimum Gasteiger partial charge on any atom is -0.475 e. The van der Waals surface area contributed by atoms with E-state index in [9.17, 15) is 31.1 Å². The average molecular weight is 640 g/mol. The van der Waals surface area contributed by atoms with Crippen molar-refractivity contribution in [2.45, 2.75) is 25.3 Å². The van der Waals surface area contributed by atoms with Gasteiger partial charge >= 0.3 is 24.3 Å². The maximum absolute atomic E-state index is 11.6. The van der Waals surface area contributed by atoms with Crippen LogP contribution in [0.5, 0.6) is 0 Å². The van der Waals surface area contributed by atoms with Gasteiger partial charge in [0.1, 0.15) is 5.52 Å². The summed E-state index contributed by atoms with van der Waals surface area (Å²) in [5.74, 6) is -5.98. The Balaban J connectivity index is 0.000000331. The number of carbonyl (C=O) groups is 3. The third-order valence-electron chi connectivity index (χ3n) is 6.36. The summed E-state index contributed by atoms with van der Waals surface area (Å²) in [6.07, 6.45) is -7.11. The first-order valence-corrected chi connectivity index (χ1v) is 13.1. The van der Waals surface area contributed by atoms with E-state index in [4.69, 9.17) is 25.5 Å². The second-order valence-electron chi connectivity index (χ2n) is 9.50. The predicted octanol–water partition coefficient (Wildman–Crippen LogP) is 4.54. The first-order valence-electron chi connectivity index (χ1n) is 13.1. The number of carbonyl (C=O) groups excluding carboxylic acids is 1. The maximum Gasteiger partial charge on any atom is 0.490 e. The number of carboxylic acids is 2. The molecule has 1 aromatic heterocycles. The molecule has 4 aromatic rings. The summed E-state index contributed by atoms with van der Waals surface area (Å²) in [7, 11) is 0. The Kier molecular flexibility index (Phi) is 11.1. The van der Waals surface area contributed by atoms with Gasteiger partial charge in [0.25, 0.3) is 5.91 Å². The summed E-state index contributed by atoms with van der Waals surface area (Å²) >= 11 is 0. The molecule has 0 atom stereocenters. The van der Waals surface area contributed by atoms with Gasteiger partial charge < -0.3 is 26.2 Å². The van der Waals surface area contributed by atoms with E-state index in [0.29, 0.717) is 11.1 Å². The van der Waals surface area contributed by atoms with Crippen molar-refractivity contribution in [3.8, 4) is 5.69 Å². The van der Waals surface area contributed by atoms with Crippen LogP contribution in [0.3, 0.4) is 0 Å². The molecule has 0 spiro atoms. The Morgan fingerprint density at radius 1 is 0.867 bits per heavy atom. The number of rotatable bonds is 7. The van der Waals surface area contributed by atoms with Crippen LogP contribution in [-0.2, 0) is 22.6 Å². The van der Waals surface area contributed by atoms with Crippen LogP contribution in [0.1, 0.15) is 21.5 Å². The van der Waals surface area contributed by atoms with Crippen LogP contribution in [0, 0.1) is 0 Å². The number of para-hydroxylation sites is 1. The maximum atomic E-state index is 11.6. The van der Waals surface area contributed by atoms with E-state index in [1.54, 1.807) is 10.7 Å². The quantitative estimate of drug-likeness (QED) is 0.170. The largest absolute Gasteiger partial charge is 0.490 e. The van der Waals surface area contributed by atoms with E-state index >= 15 is 0 Å². The SMILES string of the molecule is NC(=O)c1cccc2cn(-c3ccc(CNCCN4CCc5ccccc54)cc3)nc12.O=C(O)C(F)(F)F.O=C(O)C(F)(F)F. The molecular formula is C29H27F6N5O5. The number of carboxylic acid groups (broad SMARTS) is 2. The van der Waals surface area contributed by atoms with Crippen molar-refractivity contribution >= 4 is 34.4 Å². The third-order valence-corrected chi connectivity index (χ3v) is 6.36. The van der Waals surface area contributed by atoms with E-state index in [2.05, 4.69) is 51.7 Å². The highest BCUT2D eigenvalue weighted by atomic mass is 19.4. The number of benzene rings is 3. The average Bonchev–Trinajstić information content (AvgIpc) is 3.60. The number of primary amides is 1. The first-order chi connectivity index (χ1) is 21.1. The van der Waals surface area contributed by atoms with Crippen LogP contribution in [0.2, 0.25) is 0 Å². The van der Waals surface area contributed by atoms with Crippen molar-refractivity contribution in [3.63, 3.8) is 0 Å². The van der Waals surface area contributed by atoms with Crippen LogP contribution >= 0.6 is 0 Å². The number of nitrogens with two attached hydrogens (primary N) is 1. The molecule has 0 fully saturated rings. The van der Waals surface area contributed by atoms with Gasteiger partial charge in [-0.05, 0) is 41.8 Å². The molecule has 0 radical (unpaired) electrons. The monoisotopic (exact) mass is 639 g/mol. The van der Waals surface area contributed by atoms with Gasteiger partial charge in [-0.3, -0.25) is 4.79 Å². The van der Waals surface area contributed by atoms with Gasteiger partial charge in [0, 0.05) is 43.4 Å². The molecule has 0 aliphatic carbocycles. The standard InChI is InChI=1S/C25H25N5O.2C2HF3O2/c26-25(31)22-6-3-5-20-17-30(28-24(20)22)21-10-8-18(9-11-21)16-27-13-15-29-14-12-19-4-1-2-7-23(19)29;2*3-2(4,5)1(6)7/h1-11,17,27H,12-16H2,(H2,26,31);2*(H,6,7). The lowest BCUT2D eigenvalue weighted by molar-refractivity contribution is -0.193. The van der Waals surface area contributed by atoms with E-state index in [1.165, 1.54) is 16.8 Å². The lowest BCUT2D eigenvalue weighted by Crippen LogP contribution is -2.30. The molecule has 0 unspecified atom stereocenters. The summed E-state index contributed by atoms with van der Waals surface area (Å²) in [5.41, 5.74) is 11.5. The van der Waals surface area contributed by atoms with E-state index in [1.807, 2.05) is 30.5 Å². The van der Waals surface area contributed by atoms with Crippen LogP contribution in [-0.4, -0.2) is 69.8 Å². The highest BCUT2D eigenvalue weighted by Crippen LogP contribution is 2.26. The van der Waals surface area contributed by atoms with Gasteiger partial charge in [0.15, 0.2) is 0 Å². The van der Waals surface area contributed by atoms with Gasteiger partial charge in [-0.1, -0.05) is 42.5 Å². The fourth-order valence-corrected chi connectivity index (χ4v) is 4.23. The molecule has 0 saturated heterocycles. The van der Waals surface area contributed by atoms with Crippen LogP contribution < -0.4 is 16.0 Å². The van der Waals surface area contributed by atoms with Gasteiger partial charge in [-0.25, -0.2) is 14.3 Å². The minimum absolute atomic E-state index is 0.442. The number of hydrogen-bond donors (Lipinski definition) is 4. The van der Waals surface area contributed by atoms with E-state index in [-0.39, 0.29) is 0 Å². The zero-order valence-electron chi connectivity index (χ0n) is 23.3. The van der Waals surface area contributed by atoms with Gasteiger partial charge in [0.05, 0.1) is 11.3 Å². The Labute approximate surface area is 251 Å². The molecule has 5 N–H and O–H groups in total. The minimum atomic E-state index is -5.08. The van der Waals surface area contributed by atoms with Crippen molar-refractivity contribution < 1.29 is 50.9 Å². The number of nitrogens with one attached hydrogen (secondary N) is 1. The number of aliphatic carboxylic acids is 2. The van der Waals surface area contributed by atoms with Crippen molar-refractivity contribution in [1.82, 2.24) is 15.1 Å². The fourth-order valence-electron chi connectivity index (χ4n) is 4.23. The van der Waals surface area contributed by atoms with Crippen LogP contribution in [0.25, 0.3) is 16.6 Å². The summed E-state index contributed by atoms with van der Waals surface area (Å²) in [4.78, 5) is 31.9. The van der Waals surface area contributed by atoms with Crippen LogP contribution in [0.4, 0.5) is 32.0 Å². The van der Waals surface area contributed by atoms with Gasteiger partial charge in [-0.2, -0.15) is 31.4 Å². The third kappa shape index (κ3) is 9.69. The summed E-state index contributed by atoms with van der Waals surface area (Å²) in [5, 5.41) is 23.3. The summed E-state index contributed by atoms with van der Waals surface area (Å²) < 4.78 is 65.3. The molecule has 1 aliphatic rings. The molecule has 240 valence electrons. The van der Waals surface area contributed by atoms with Gasteiger partial charge in [-0.15, -0.1) is 0 Å². The number of fused-ring (bicyclic) bond motifs is 2. The molecule has 1 aliphatic heterocycles. The molecular weight excluding hydrogens is 612 g/mol. The molecule has 3 aromatic carbocycles. The lowest BCUT2D eigenvalue weighted by Gasteiger charge is -2.19. The molecule has 10 nitrogen and oxygen atoms in total. The van der Waals surface area contributed by atoms with Crippen molar-refractivity contribution in [2.75, 3.05) is 24.5 Å². The van der Waals surface area contributed by atoms with Crippen molar-refractivity contribution in [1.29, 1.82) is 0 Å². The zero-order valence-corrected chi connectivity index (χ0v) is 23.3. The smallest absolute Gasteiger partial charge is 0.475 e. The number of amides is 1. The Morgan fingerprint density at radius 3 is 2.04 bits per heavy atom. The number of halogens is 6. The van der Waals surface area contributed by atoms with Crippen LogP contribution in [0.15, 0.2) is 72.9 Å². The molecule has 5 rings (SSSR count). The summed E-state index contributed by atoms with van der Waals surface area (Å²) in [6, 6.07) is 22.4. The molecule has 45 heavy (non-hydrogen) atoms. The number of nitrogens with zero attached hydrogens (tertiary/aromatic N) is 3. The second-order valence-corrected chi connectivity index (χ2v) is 9.50. The van der Waals surface area contributed by atoms with E-state index in [0.717, 1.165) is 43.7 Å². The normalized spacial score (nSPS) is 12.4. The Hall–Kier alpha value is -5.12. The number of aromatic nitrogens is 2. The Bertz CT molecular complexity index is 1610. The molecule has 16 heteroatoms. The van der Waals surface area contributed by atoms with Gasteiger partial charge in [0.2, 0.25) is 0 Å². The molecule has 0 bridgehead atoms. The number of hydrogen-bond acceptors (Lipinski definition) is 6. The topological polar surface area (TPSA) is 151 Å². The van der Waals surface area contributed by atoms with Crippen molar-refractivity contribution in [2.24, 2.45) is 5.73 Å². The fraction of sp³-hybridized carbons (Fsp3) is 0.241. The highest BCUT2D eigenvalue weighted by Gasteiger charge is 2.38. The predicted molar refractivity (Wildman–Crippen MR) is 151 cm³/mol. The highest BCUT2D eigenvalue weighted by molar-refractivity contribution is 6.04. The number of anilines is 1.